The number of thioether (sulfide) groups is 1. The summed E-state index contributed by atoms with van der Waals surface area (Å²) >= 11 is 1.66. The number of para-hydroxylation sites is 1. The summed E-state index contributed by atoms with van der Waals surface area (Å²) in [6.45, 7) is 2.05. The molecule has 33 heavy (non-hydrogen) atoms. The number of nitrogens with zero attached hydrogens (tertiary/aromatic N) is 1. The molecule has 1 amide bonds. The predicted octanol–water partition coefficient (Wildman–Crippen LogP) is 4.83. The second kappa shape index (κ2) is 10.3. The van der Waals surface area contributed by atoms with Gasteiger partial charge in [0.1, 0.15) is 5.82 Å². The quantitative estimate of drug-likeness (QED) is 0.241. The number of nitrogens with one attached hydrogen (secondary N) is 2. The molecule has 7 heteroatoms. The fraction of sp³-hybridized carbons (Fsp3) is 0.154. The van der Waals surface area contributed by atoms with Crippen molar-refractivity contribution in [2.45, 2.75) is 19.3 Å². The van der Waals surface area contributed by atoms with Crippen LogP contribution in [0.2, 0.25) is 0 Å². The molecule has 0 saturated heterocycles. The number of pyridine rings is 1. The van der Waals surface area contributed by atoms with Crippen LogP contribution in [0.5, 0.6) is 0 Å². The maximum absolute atomic E-state index is 12.6. The number of hydrogen-bond donors (Lipinski definition) is 4. The number of benzene rings is 2. The minimum atomic E-state index is -0.160. The molecule has 3 aromatic rings. The molecular formula is C26H25N5OS. The molecule has 1 aliphatic rings. The van der Waals surface area contributed by atoms with Gasteiger partial charge >= 0.3 is 0 Å². The summed E-state index contributed by atoms with van der Waals surface area (Å²) < 4.78 is 0. The van der Waals surface area contributed by atoms with Crippen LogP contribution in [0.15, 0.2) is 66.2 Å². The molecule has 0 saturated carbocycles. The molecule has 1 aliphatic heterocycles. The molecule has 0 bridgehead atoms. The van der Waals surface area contributed by atoms with E-state index in [4.69, 9.17) is 11.6 Å². The van der Waals surface area contributed by atoms with Gasteiger partial charge in [-0.05, 0) is 40.8 Å². The highest BCUT2D eigenvalue weighted by Gasteiger charge is 2.22. The Morgan fingerprint density at radius 2 is 1.88 bits per heavy atom. The van der Waals surface area contributed by atoms with E-state index < -0.39 is 0 Å². The van der Waals surface area contributed by atoms with Gasteiger partial charge in [-0.2, -0.15) is 0 Å². The molecule has 0 fully saturated rings. The molecule has 2 aromatic carbocycles. The monoisotopic (exact) mass is 455 g/mol. The van der Waals surface area contributed by atoms with Crippen LogP contribution in [0.3, 0.4) is 0 Å². The third-order valence-corrected chi connectivity index (χ3v) is 6.32. The van der Waals surface area contributed by atoms with E-state index in [0.717, 1.165) is 39.4 Å². The van der Waals surface area contributed by atoms with E-state index >= 15 is 0 Å². The topological polar surface area (TPSA) is 106 Å². The molecule has 4 rings (SSSR count). The Kier molecular flexibility index (Phi) is 6.98. The zero-order chi connectivity index (χ0) is 23.2. The highest BCUT2D eigenvalue weighted by molar-refractivity contribution is 8.02. The van der Waals surface area contributed by atoms with Gasteiger partial charge in [-0.25, -0.2) is 4.98 Å². The largest absolute Gasteiger partial charge is 0.383 e. The molecule has 1 unspecified atom stereocenters. The molecule has 166 valence electrons. The normalized spacial score (nSPS) is 13.7. The summed E-state index contributed by atoms with van der Waals surface area (Å²) in [6, 6.07) is 16.9. The number of hydrazine groups is 1. The molecular weight excluding hydrogens is 430 g/mol. The lowest BCUT2D eigenvalue weighted by Gasteiger charge is -2.22. The maximum atomic E-state index is 12.6. The van der Waals surface area contributed by atoms with Crippen LogP contribution in [0, 0.1) is 11.8 Å². The van der Waals surface area contributed by atoms with E-state index in [0.29, 0.717) is 17.8 Å². The van der Waals surface area contributed by atoms with Crippen LogP contribution < -0.4 is 22.3 Å². The van der Waals surface area contributed by atoms with E-state index in [2.05, 4.69) is 33.0 Å². The second-order valence-electron chi connectivity index (χ2n) is 7.64. The summed E-state index contributed by atoms with van der Waals surface area (Å²) in [5.74, 6) is 13.2. The molecule has 1 atom stereocenters. The highest BCUT2D eigenvalue weighted by atomic mass is 32.2. The SMILES string of the molecule is CC(c1ccc(C(=O)Nc2ccccc2)cc1)c1c(N)ncc(C2=CSCC#CC2)c1NN. The van der Waals surface area contributed by atoms with Crippen LogP contribution in [-0.4, -0.2) is 16.6 Å². The van der Waals surface area contributed by atoms with Gasteiger partial charge in [-0.15, -0.1) is 11.8 Å². The van der Waals surface area contributed by atoms with Gasteiger partial charge in [0.2, 0.25) is 0 Å². The maximum Gasteiger partial charge on any atom is 0.255 e. The third kappa shape index (κ3) is 5.03. The standard InChI is InChI=1S/C26H25N5OS/c1-17(18-10-12-19(13-11-18)26(32)30-21-8-3-2-4-9-21)23-24(31-28)22(15-29-25(23)27)20-7-5-6-14-33-16-20/h2-4,8-13,15-17H,7,14,28H2,1H3,(H,30,32)(H3,27,29,31). The van der Waals surface area contributed by atoms with Gasteiger partial charge in [0, 0.05) is 40.9 Å². The number of amides is 1. The molecule has 2 heterocycles. The van der Waals surface area contributed by atoms with Crippen LogP contribution in [0.25, 0.3) is 5.57 Å². The Morgan fingerprint density at radius 3 is 2.61 bits per heavy atom. The fourth-order valence-corrected chi connectivity index (χ4v) is 4.47. The van der Waals surface area contributed by atoms with E-state index in [1.54, 1.807) is 18.0 Å². The molecule has 1 aromatic heterocycles. The summed E-state index contributed by atoms with van der Waals surface area (Å²) in [7, 11) is 0. The van der Waals surface area contributed by atoms with E-state index in [1.165, 1.54) is 0 Å². The zero-order valence-electron chi connectivity index (χ0n) is 18.3. The first-order valence-electron chi connectivity index (χ1n) is 10.6. The van der Waals surface area contributed by atoms with Crippen LogP contribution >= 0.6 is 11.8 Å². The summed E-state index contributed by atoms with van der Waals surface area (Å²) in [6.07, 6.45) is 2.38. The highest BCUT2D eigenvalue weighted by Crippen LogP contribution is 2.39. The molecule has 0 spiro atoms. The van der Waals surface area contributed by atoms with Crippen molar-refractivity contribution in [3.05, 3.63) is 88.5 Å². The molecule has 6 N–H and O–H groups in total. The van der Waals surface area contributed by atoms with E-state index in [1.807, 2.05) is 61.5 Å². The van der Waals surface area contributed by atoms with Crippen molar-refractivity contribution in [1.29, 1.82) is 0 Å². The van der Waals surface area contributed by atoms with Gasteiger partial charge in [0.05, 0.1) is 11.4 Å². The zero-order valence-corrected chi connectivity index (χ0v) is 19.1. The third-order valence-electron chi connectivity index (χ3n) is 5.56. The van der Waals surface area contributed by atoms with Crippen molar-refractivity contribution in [3.8, 4) is 11.8 Å². The molecule has 0 aliphatic carbocycles. The Balaban J connectivity index is 1.62. The van der Waals surface area contributed by atoms with Crippen molar-refractivity contribution in [2.75, 3.05) is 22.2 Å². The van der Waals surface area contributed by atoms with Crippen molar-refractivity contribution in [3.63, 3.8) is 0 Å². The number of carbonyl (C=O) groups is 1. The van der Waals surface area contributed by atoms with Crippen molar-refractivity contribution < 1.29 is 4.79 Å². The lowest BCUT2D eigenvalue weighted by molar-refractivity contribution is 0.102. The number of hydrogen-bond acceptors (Lipinski definition) is 6. The first-order chi connectivity index (χ1) is 16.1. The predicted molar refractivity (Wildman–Crippen MR) is 138 cm³/mol. The van der Waals surface area contributed by atoms with Crippen molar-refractivity contribution >= 4 is 40.4 Å². The van der Waals surface area contributed by atoms with Crippen LogP contribution in [0.4, 0.5) is 17.2 Å². The van der Waals surface area contributed by atoms with Crippen molar-refractivity contribution in [2.24, 2.45) is 5.84 Å². The van der Waals surface area contributed by atoms with Gasteiger partial charge in [-0.3, -0.25) is 10.6 Å². The van der Waals surface area contributed by atoms with Crippen LogP contribution in [-0.2, 0) is 0 Å². The summed E-state index contributed by atoms with van der Waals surface area (Å²) in [4.78, 5) is 17.0. The Bertz CT molecular complexity index is 1240. The lowest BCUT2D eigenvalue weighted by Crippen LogP contribution is -2.16. The number of rotatable bonds is 6. The van der Waals surface area contributed by atoms with Gasteiger partial charge in [0.25, 0.3) is 5.91 Å². The average Bonchev–Trinajstić information content (AvgIpc) is 3.13. The minimum Gasteiger partial charge on any atom is -0.383 e. The minimum absolute atomic E-state index is 0.0974. The number of anilines is 3. The van der Waals surface area contributed by atoms with Gasteiger partial charge < -0.3 is 16.5 Å². The Morgan fingerprint density at radius 1 is 1.12 bits per heavy atom. The number of nitrogen functional groups attached to an aromatic ring is 2. The van der Waals surface area contributed by atoms with Gasteiger partial charge in [-0.1, -0.05) is 49.1 Å². The van der Waals surface area contributed by atoms with Gasteiger partial charge in [0.15, 0.2) is 0 Å². The summed E-state index contributed by atoms with van der Waals surface area (Å²) in [5, 5.41) is 4.99. The fourth-order valence-electron chi connectivity index (χ4n) is 3.79. The Labute approximate surface area is 197 Å². The first kappa shape index (κ1) is 22.5. The second-order valence-corrected chi connectivity index (χ2v) is 8.50. The number of aromatic nitrogens is 1. The van der Waals surface area contributed by atoms with E-state index in [-0.39, 0.29) is 11.8 Å². The van der Waals surface area contributed by atoms with Crippen LogP contribution in [0.1, 0.15) is 46.3 Å². The number of nitrogens with two attached hydrogens (primary N) is 2. The number of carbonyl (C=O) groups excluding carboxylic acids is 1. The summed E-state index contributed by atoms with van der Waals surface area (Å²) in [5.41, 5.74) is 15.0. The van der Waals surface area contributed by atoms with Crippen molar-refractivity contribution in [1.82, 2.24) is 4.98 Å². The molecule has 6 nitrogen and oxygen atoms in total. The lowest BCUT2D eigenvalue weighted by atomic mass is 9.89. The average molecular weight is 456 g/mol. The first-order valence-corrected chi connectivity index (χ1v) is 11.6. The number of allylic oxidation sites excluding steroid dienone is 1. The van der Waals surface area contributed by atoms with E-state index in [9.17, 15) is 4.79 Å². The molecule has 0 radical (unpaired) electrons. The smallest absolute Gasteiger partial charge is 0.255 e. The Hall–Kier alpha value is -3.73.